The first-order chi connectivity index (χ1) is 12.3. The van der Waals surface area contributed by atoms with Gasteiger partial charge in [0, 0.05) is 28.7 Å². The van der Waals surface area contributed by atoms with Crippen LogP contribution in [0.2, 0.25) is 10.0 Å². The van der Waals surface area contributed by atoms with Crippen molar-refractivity contribution in [3.8, 4) is 0 Å². The van der Waals surface area contributed by atoms with Crippen molar-refractivity contribution in [2.24, 2.45) is 0 Å². The maximum atomic E-state index is 13.2. The summed E-state index contributed by atoms with van der Waals surface area (Å²) < 4.78 is 1.06. The van der Waals surface area contributed by atoms with E-state index in [1.54, 1.807) is 23.1 Å². The fourth-order valence-corrected chi connectivity index (χ4v) is 4.20. The molecule has 1 aromatic heterocycles. The summed E-state index contributed by atoms with van der Waals surface area (Å²) in [6, 6.07) is 10.9. The number of aromatic nitrogens is 1. The van der Waals surface area contributed by atoms with Gasteiger partial charge in [-0.2, -0.15) is 0 Å². The molecule has 0 unspecified atom stereocenters. The van der Waals surface area contributed by atoms with Gasteiger partial charge in [-0.1, -0.05) is 46.7 Å². The molecule has 2 aromatic carbocycles. The lowest BCUT2D eigenvalue weighted by molar-refractivity contribution is 0.0985. The minimum absolute atomic E-state index is 0.159. The van der Waals surface area contributed by atoms with E-state index in [9.17, 15) is 4.79 Å². The molecule has 1 amide bonds. The lowest BCUT2D eigenvalue weighted by Crippen LogP contribution is -2.36. The zero-order chi connectivity index (χ0) is 18.8. The molecule has 0 aliphatic rings. The Bertz CT molecular complexity index is 935. The second-order valence-electron chi connectivity index (χ2n) is 6.34. The average molecular weight is 408 g/mol. The predicted molar refractivity (Wildman–Crippen MR) is 111 cm³/mol. The monoisotopic (exact) mass is 407 g/mol. The van der Waals surface area contributed by atoms with Crippen molar-refractivity contribution in [3.05, 3.63) is 57.6 Å². The van der Waals surface area contributed by atoms with Gasteiger partial charge in [0.25, 0.3) is 5.91 Å². The predicted octanol–water partition coefficient (Wildman–Crippen LogP) is 5.12. The molecule has 4 nitrogen and oxygen atoms in total. The number of amides is 1. The topological polar surface area (TPSA) is 36.4 Å². The quantitative estimate of drug-likeness (QED) is 0.588. The van der Waals surface area contributed by atoms with Gasteiger partial charge in [0.15, 0.2) is 5.13 Å². The highest BCUT2D eigenvalue weighted by Gasteiger charge is 2.22. The lowest BCUT2D eigenvalue weighted by atomic mass is 10.2. The van der Waals surface area contributed by atoms with Crippen LogP contribution in [0.15, 0.2) is 36.4 Å². The third kappa shape index (κ3) is 4.18. The molecule has 0 N–H and O–H groups in total. The lowest BCUT2D eigenvalue weighted by Gasteiger charge is -2.22. The molecule has 26 heavy (non-hydrogen) atoms. The zero-order valence-corrected chi connectivity index (χ0v) is 17.1. The summed E-state index contributed by atoms with van der Waals surface area (Å²) in [6.45, 7) is 3.26. The summed E-state index contributed by atoms with van der Waals surface area (Å²) in [5.74, 6) is -0.159. The molecule has 7 heteroatoms. The van der Waals surface area contributed by atoms with Gasteiger partial charge in [-0.3, -0.25) is 9.69 Å². The fourth-order valence-electron chi connectivity index (χ4n) is 2.61. The first kappa shape index (κ1) is 19.1. The number of fused-ring (bicyclic) bond motifs is 1. The Morgan fingerprint density at radius 2 is 1.81 bits per heavy atom. The van der Waals surface area contributed by atoms with Crippen molar-refractivity contribution in [1.82, 2.24) is 9.88 Å². The molecule has 0 saturated carbocycles. The minimum atomic E-state index is -0.159. The Hall–Kier alpha value is -1.66. The summed E-state index contributed by atoms with van der Waals surface area (Å²) in [5.41, 5.74) is 2.48. The van der Waals surface area contributed by atoms with E-state index in [0.29, 0.717) is 27.3 Å². The van der Waals surface area contributed by atoms with Gasteiger partial charge in [0.05, 0.1) is 10.2 Å². The highest BCUT2D eigenvalue weighted by Crippen LogP contribution is 2.32. The standard InChI is InChI=1S/C19H19Cl2N3OS/c1-12-5-4-6-16-17(12)22-19(26-16)24(8-7-23(2)3)18(25)13-9-14(20)11-15(21)10-13/h4-6,9-11H,7-8H2,1-3H3. The molecule has 0 radical (unpaired) electrons. The van der Waals surface area contributed by atoms with Crippen molar-refractivity contribution < 1.29 is 4.79 Å². The van der Waals surface area contributed by atoms with Gasteiger partial charge in [0.2, 0.25) is 0 Å². The fraction of sp³-hybridized carbons (Fsp3) is 0.263. The molecule has 136 valence electrons. The van der Waals surface area contributed by atoms with Crippen molar-refractivity contribution in [1.29, 1.82) is 0 Å². The van der Waals surface area contributed by atoms with Crippen molar-refractivity contribution in [3.63, 3.8) is 0 Å². The molecule has 3 rings (SSSR count). The minimum Gasteiger partial charge on any atom is -0.308 e. The van der Waals surface area contributed by atoms with E-state index in [2.05, 4.69) is 0 Å². The van der Waals surface area contributed by atoms with Crippen molar-refractivity contribution in [2.45, 2.75) is 6.92 Å². The maximum Gasteiger partial charge on any atom is 0.260 e. The number of anilines is 1. The molecule has 0 aliphatic heterocycles. The van der Waals surface area contributed by atoms with Crippen LogP contribution in [0.5, 0.6) is 0 Å². The van der Waals surface area contributed by atoms with Gasteiger partial charge < -0.3 is 4.90 Å². The molecule has 1 heterocycles. The number of carbonyl (C=O) groups is 1. The van der Waals surface area contributed by atoms with E-state index in [1.807, 2.05) is 44.1 Å². The molecule has 0 bridgehead atoms. The second kappa shape index (κ2) is 7.92. The highest BCUT2D eigenvalue weighted by atomic mass is 35.5. The number of likely N-dealkylation sites (N-methyl/N-ethyl adjacent to an activating group) is 1. The van der Waals surface area contributed by atoms with Crippen molar-refractivity contribution >= 4 is 55.8 Å². The first-order valence-corrected chi connectivity index (χ1v) is 9.71. The first-order valence-electron chi connectivity index (χ1n) is 8.14. The van der Waals surface area contributed by atoms with Crippen LogP contribution in [0.25, 0.3) is 10.2 Å². The number of carbonyl (C=O) groups excluding carboxylic acids is 1. The molecule has 0 atom stereocenters. The Morgan fingerprint density at radius 1 is 1.12 bits per heavy atom. The molecule has 0 spiro atoms. The number of hydrogen-bond acceptors (Lipinski definition) is 4. The second-order valence-corrected chi connectivity index (χ2v) is 8.22. The van der Waals surface area contributed by atoms with Crippen LogP contribution in [0.4, 0.5) is 5.13 Å². The smallest absolute Gasteiger partial charge is 0.260 e. The summed E-state index contributed by atoms with van der Waals surface area (Å²) in [7, 11) is 3.95. The Morgan fingerprint density at radius 3 is 2.42 bits per heavy atom. The van der Waals surface area contributed by atoms with E-state index in [0.717, 1.165) is 22.3 Å². The van der Waals surface area contributed by atoms with Crippen LogP contribution in [0.1, 0.15) is 15.9 Å². The van der Waals surface area contributed by atoms with Crippen LogP contribution in [-0.2, 0) is 0 Å². The Labute approximate surface area is 167 Å². The maximum absolute atomic E-state index is 13.2. The van der Waals surface area contributed by atoms with Gasteiger partial charge in [-0.25, -0.2) is 4.98 Å². The molecule has 0 saturated heterocycles. The van der Waals surface area contributed by atoms with E-state index < -0.39 is 0 Å². The Balaban J connectivity index is 2.03. The van der Waals surface area contributed by atoms with E-state index >= 15 is 0 Å². The Kier molecular flexibility index (Phi) is 5.82. The summed E-state index contributed by atoms with van der Waals surface area (Å²) in [6.07, 6.45) is 0. The molecule has 0 aliphatic carbocycles. The summed E-state index contributed by atoms with van der Waals surface area (Å²) in [4.78, 5) is 21.6. The highest BCUT2D eigenvalue weighted by molar-refractivity contribution is 7.22. The van der Waals surface area contributed by atoms with Crippen LogP contribution in [0, 0.1) is 6.92 Å². The molecule has 0 fully saturated rings. The molecular weight excluding hydrogens is 389 g/mol. The average Bonchev–Trinajstić information content (AvgIpc) is 2.99. The summed E-state index contributed by atoms with van der Waals surface area (Å²) in [5, 5.41) is 1.55. The van der Waals surface area contributed by atoms with E-state index in [-0.39, 0.29) is 5.91 Å². The van der Waals surface area contributed by atoms with Gasteiger partial charge >= 0.3 is 0 Å². The largest absolute Gasteiger partial charge is 0.308 e. The third-order valence-electron chi connectivity index (χ3n) is 3.97. The van der Waals surface area contributed by atoms with Gasteiger partial charge in [-0.15, -0.1) is 0 Å². The van der Waals surface area contributed by atoms with Crippen LogP contribution in [0.3, 0.4) is 0 Å². The third-order valence-corrected chi connectivity index (χ3v) is 5.45. The van der Waals surface area contributed by atoms with Gasteiger partial charge in [-0.05, 0) is 50.8 Å². The molecular formula is C19H19Cl2N3OS. The number of benzene rings is 2. The van der Waals surface area contributed by atoms with Crippen LogP contribution >= 0.6 is 34.5 Å². The number of para-hydroxylation sites is 1. The van der Waals surface area contributed by atoms with Gasteiger partial charge in [0.1, 0.15) is 0 Å². The number of nitrogens with zero attached hydrogens (tertiary/aromatic N) is 3. The zero-order valence-electron chi connectivity index (χ0n) is 14.8. The number of thiazole rings is 1. The van der Waals surface area contributed by atoms with Crippen LogP contribution in [-0.4, -0.2) is 43.0 Å². The van der Waals surface area contributed by atoms with E-state index in [1.165, 1.54) is 11.3 Å². The van der Waals surface area contributed by atoms with Crippen molar-refractivity contribution in [2.75, 3.05) is 32.1 Å². The number of rotatable bonds is 5. The van der Waals surface area contributed by atoms with E-state index in [4.69, 9.17) is 28.2 Å². The SMILES string of the molecule is Cc1cccc2sc(N(CCN(C)C)C(=O)c3cc(Cl)cc(Cl)c3)nc12. The van der Waals surface area contributed by atoms with Crippen LogP contribution < -0.4 is 4.90 Å². The number of hydrogen-bond donors (Lipinski definition) is 0. The molecule has 3 aromatic rings. The summed E-state index contributed by atoms with van der Waals surface area (Å²) >= 11 is 13.7. The number of aryl methyl sites for hydroxylation is 1. The normalized spacial score (nSPS) is 11.3. The number of halogens is 2.